The minimum absolute atomic E-state index is 0.0582. The molecule has 438 valence electrons. The number of unbranched alkanes of at least 4 members (excludes halogenated alkanes) is 12. The van der Waals surface area contributed by atoms with Crippen LogP contribution in [0, 0.1) is 0 Å². The van der Waals surface area contributed by atoms with E-state index >= 15 is 0 Å². The summed E-state index contributed by atoms with van der Waals surface area (Å²) in [6.45, 7) is 11.2. The quantitative estimate of drug-likeness (QED) is 0.0412. The zero-order valence-electron chi connectivity index (χ0n) is 48.1. The zero-order chi connectivity index (χ0) is 58.6. The number of phenolic OH excluding ortho intramolecular Hbond substituents is 2. The minimum Gasteiger partial charge on any atom is -0.507 e. The number of ketones is 1. The minimum atomic E-state index is -1.48. The van der Waals surface area contributed by atoms with Crippen LogP contribution in [0.2, 0.25) is 0 Å². The number of carbonyl (C=O) groups is 9. The van der Waals surface area contributed by atoms with Crippen LogP contribution in [0.3, 0.4) is 0 Å². The summed E-state index contributed by atoms with van der Waals surface area (Å²) in [5.41, 5.74) is -0.0655. The zero-order valence-corrected chi connectivity index (χ0v) is 48.1. The van der Waals surface area contributed by atoms with E-state index in [1.165, 1.54) is 139 Å². The van der Waals surface area contributed by atoms with Gasteiger partial charge in [-0.05, 0) is 96.2 Å². The number of Topliss-reactive ketones (excluding diaryl/α,β-unsaturated/α-hetero) is 1. The molecule has 2 aliphatic rings. The molecule has 4 rings (SSSR count). The van der Waals surface area contributed by atoms with Crippen LogP contribution >= 0.6 is 0 Å². The summed E-state index contributed by atoms with van der Waals surface area (Å²) in [5.74, 6) is -6.41. The predicted molar refractivity (Wildman–Crippen MR) is 298 cm³/mol. The van der Waals surface area contributed by atoms with Gasteiger partial charge in [0.2, 0.25) is 41.4 Å². The Bertz CT molecular complexity index is 2440. The first-order valence-electron chi connectivity index (χ1n) is 28.4. The molecule has 2 heterocycles. The number of rotatable bonds is 27. The number of nitrogens with one attached hydrogen (secondary N) is 4. The van der Waals surface area contributed by atoms with E-state index in [9.17, 15) is 58.5 Å². The van der Waals surface area contributed by atoms with Crippen LogP contribution in [0.25, 0.3) is 11.1 Å². The molecule has 0 saturated carbocycles. The summed E-state index contributed by atoms with van der Waals surface area (Å²) < 4.78 is 5.55. The number of aromatic hydroxyl groups is 2. The average Bonchev–Trinajstić information content (AvgIpc) is 3.90. The lowest BCUT2D eigenvalue weighted by Crippen LogP contribution is -2.57. The van der Waals surface area contributed by atoms with Gasteiger partial charge in [-0.15, -0.1) is 0 Å². The van der Waals surface area contributed by atoms with E-state index in [0.29, 0.717) is 24.8 Å². The van der Waals surface area contributed by atoms with Crippen LogP contribution in [0.4, 0.5) is 0 Å². The summed E-state index contributed by atoms with van der Waals surface area (Å²) in [7, 11) is 2.75. The van der Waals surface area contributed by atoms with Crippen molar-refractivity contribution in [2.24, 2.45) is 0 Å². The Morgan fingerprint density at radius 1 is 0.747 bits per heavy atom. The van der Waals surface area contributed by atoms with Gasteiger partial charge in [-0.25, -0.2) is 4.79 Å². The third kappa shape index (κ3) is 19.6. The maximum absolute atomic E-state index is 14.4. The number of aliphatic hydroxyl groups excluding tert-OH is 1. The maximum Gasteiger partial charge on any atom is 0.329 e. The van der Waals surface area contributed by atoms with Gasteiger partial charge in [-0.2, -0.15) is 0 Å². The van der Waals surface area contributed by atoms with Gasteiger partial charge >= 0.3 is 5.97 Å². The number of esters is 1. The van der Waals surface area contributed by atoms with Gasteiger partial charge in [0.05, 0.1) is 12.6 Å². The molecule has 2 aromatic carbocycles. The molecule has 0 unspecified atom stereocenters. The summed E-state index contributed by atoms with van der Waals surface area (Å²) in [4.78, 5) is 127. The third-order valence-corrected chi connectivity index (χ3v) is 14.7. The van der Waals surface area contributed by atoms with Crippen molar-refractivity contribution in [3.8, 4) is 22.6 Å². The Kier molecular flexibility index (Phi) is 25.7. The molecule has 1 fully saturated rings. The highest BCUT2D eigenvalue weighted by Gasteiger charge is 2.40. The van der Waals surface area contributed by atoms with E-state index in [1.54, 1.807) is 20.8 Å². The van der Waals surface area contributed by atoms with Crippen LogP contribution < -0.4 is 21.3 Å². The number of hydrogen-bond donors (Lipinski definition) is 7. The number of benzene rings is 2. The lowest BCUT2D eigenvalue weighted by molar-refractivity contribution is -0.163. The molecule has 0 spiro atoms. The largest absolute Gasteiger partial charge is 0.507 e. The van der Waals surface area contributed by atoms with Gasteiger partial charge in [0.15, 0.2) is 5.78 Å². The van der Waals surface area contributed by atoms with E-state index in [-0.39, 0.29) is 59.9 Å². The number of phenols is 2. The molecule has 7 amide bonds. The van der Waals surface area contributed by atoms with Crippen LogP contribution in [0.15, 0.2) is 36.4 Å². The highest BCUT2D eigenvalue weighted by molar-refractivity contribution is 5.98. The van der Waals surface area contributed by atoms with Gasteiger partial charge < -0.3 is 56.0 Å². The van der Waals surface area contributed by atoms with Crippen molar-refractivity contribution in [3.05, 3.63) is 47.5 Å². The number of fused-ring (bicyclic) bond motifs is 5. The Labute approximate surface area is 466 Å². The molecule has 0 radical (unpaired) electrons. The summed E-state index contributed by atoms with van der Waals surface area (Å²) in [6, 6.07) is -0.106. The van der Waals surface area contributed by atoms with E-state index in [4.69, 9.17) is 4.74 Å². The smallest absolute Gasteiger partial charge is 0.329 e. The second-order valence-corrected chi connectivity index (χ2v) is 22.4. The summed E-state index contributed by atoms with van der Waals surface area (Å²) in [6.07, 6.45) is 15.2. The number of nitrogens with zero attached hydrogens (tertiary/aromatic N) is 3. The number of likely N-dealkylation sites (N-methyl/N-ethyl adjacent to an activating group) is 2. The molecule has 7 N–H and O–H groups in total. The Morgan fingerprint density at radius 3 is 1.92 bits per heavy atom. The van der Waals surface area contributed by atoms with Gasteiger partial charge in [0.1, 0.15) is 53.4 Å². The highest BCUT2D eigenvalue weighted by Crippen LogP contribution is 2.39. The second kappa shape index (κ2) is 31.3. The molecule has 79 heavy (non-hydrogen) atoms. The summed E-state index contributed by atoms with van der Waals surface area (Å²) in [5, 5.41) is 43.0. The number of ether oxygens (including phenoxy) is 1. The van der Waals surface area contributed by atoms with Gasteiger partial charge in [-0.3, -0.25) is 38.4 Å². The molecule has 2 aliphatic heterocycles. The van der Waals surface area contributed by atoms with Crippen molar-refractivity contribution in [3.63, 3.8) is 0 Å². The van der Waals surface area contributed by atoms with Crippen LogP contribution in [0.5, 0.6) is 11.5 Å². The van der Waals surface area contributed by atoms with Crippen molar-refractivity contribution in [1.29, 1.82) is 0 Å². The first-order valence-corrected chi connectivity index (χ1v) is 28.4. The fourth-order valence-corrected chi connectivity index (χ4v) is 9.97. The van der Waals surface area contributed by atoms with Crippen molar-refractivity contribution < 1.29 is 63.2 Å². The van der Waals surface area contributed by atoms with E-state index in [1.807, 2.05) is 0 Å². The fourth-order valence-electron chi connectivity index (χ4n) is 9.97. The van der Waals surface area contributed by atoms with Gasteiger partial charge in [-0.1, -0.05) is 96.1 Å². The van der Waals surface area contributed by atoms with Crippen LogP contribution in [-0.4, -0.2) is 152 Å². The first-order chi connectivity index (χ1) is 37.4. The molecular formula is C59H89N7O13. The Morgan fingerprint density at radius 2 is 1.33 bits per heavy atom. The van der Waals surface area contributed by atoms with E-state index in [2.05, 4.69) is 28.2 Å². The number of likely N-dealkylation sites (tertiary alicyclic amines) is 1. The first kappa shape index (κ1) is 65.0. The lowest BCUT2D eigenvalue weighted by atomic mass is 9.93. The van der Waals surface area contributed by atoms with Crippen LogP contribution in [0.1, 0.15) is 181 Å². The highest BCUT2D eigenvalue weighted by atomic mass is 16.6. The maximum atomic E-state index is 14.4. The normalized spacial score (nSPS) is 18.7. The van der Waals surface area contributed by atoms with Gasteiger partial charge in [0.25, 0.3) is 0 Å². The SMILES string of the molecule is CCCCCCCCCCCCCCCC(=O)N(C)[C@H](CO)C(=O)N[C@H](C)C(=O)CCC(=O)N(C)[C@@H]1C(=O)N[C@@H](C)C(=O)N[C@H](C(=O)N[C@@H](C)C(=O)N2CCC[C@H]2C(=O)OC(C)(C)C)Cc2ccc(O)c(c2)-c2cc1ccc2O. The number of amides is 7. The molecular weight excluding hydrogens is 1010 g/mol. The number of hydrogen-bond acceptors (Lipinski definition) is 13. The molecule has 4 bridgehead atoms. The topological polar surface area (TPSA) is 281 Å². The van der Waals surface area contributed by atoms with Crippen molar-refractivity contribution >= 4 is 53.1 Å². The summed E-state index contributed by atoms with van der Waals surface area (Å²) >= 11 is 0. The molecule has 1 saturated heterocycles. The average molecular weight is 1100 g/mol. The van der Waals surface area contributed by atoms with Crippen molar-refractivity contribution in [1.82, 2.24) is 36.0 Å². The molecule has 20 heteroatoms. The molecule has 7 atom stereocenters. The Hall–Kier alpha value is -6.57. The monoisotopic (exact) mass is 1100 g/mol. The molecule has 2 aromatic rings. The Balaban J connectivity index is 1.40. The molecule has 0 aromatic heterocycles. The van der Waals surface area contributed by atoms with Crippen LogP contribution in [-0.2, 0) is 54.3 Å². The molecule has 0 aliphatic carbocycles. The second-order valence-electron chi connectivity index (χ2n) is 22.4. The van der Waals surface area contributed by atoms with E-state index < -0.39 is 108 Å². The molecule has 20 nitrogen and oxygen atoms in total. The van der Waals surface area contributed by atoms with Crippen molar-refractivity contribution in [2.45, 2.75) is 218 Å². The fraction of sp³-hybridized carbons (Fsp3) is 0.644. The van der Waals surface area contributed by atoms with Gasteiger partial charge in [0, 0.05) is 57.5 Å². The third-order valence-electron chi connectivity index (χ3n) is 14.7. The van der Waals surface area contributed by atoms with Crippen molar-refractivity contribution in [2.75, 3.05) is 27.2 Å². The van der Waals surface area contributed by atoms with E-state index in [0.717, 1.165) is 24.2 Å². The number of carbonyl (C=O) groups excluding carboxylic acids is 9. The number of aliphatic hydroxyl groups is 1. The standard InChI is InChI=1S/C59H89N7O13/c1-10-11-12-13-14-15-16-17-18-19-20-21-22-25-50(71)64(8)46(36-67)55(75)60-37(2)47(68)30-31-51(72)65(9)52-41-27-29-49(70)43(35-41)42-33-40(26-28-48(42)69)34-44(63-53(73)38(3)61-56(52)76)54(74)62-39(4)57(77)66-32-23-24-45(66)58(78)79-59(5,6)7/h26-29,33,35,37-39,44-46,52,67,69-70H,10-25,30-32,34,36H2,1-9H3,(H,60,75)(H,61,76)(H,62,74)(H,63,73)/t37-,38+,39+,44+,45+,46-,52+/m1/s1. The predicted octanol–water partition coefficient (Wildman–Crippen LogP) is 5.80. The lowest BCUT2D eigenvalue weighted by Gasteiger charge is -2.31.